The van der Waals surface area contributed by atoms with Crippen molar-refractivity contribution in [1.82, 2.24) is 9.78 Å². The average molecular weight is 262 g/mol. The van der Waals surface area contributed by atoms with Gasteiger partial charge in [-0.15, -0.1) is 0 Å². The molecule has 2 heterocycles. The Balaban J connectivity index is 2.47. The maximum Gasteiger partial charge on any atom is 0.410 e. The molecule has 8 heteroatoms. The van der Waals surface area contributed by atoms with E-state index in [4.69, 9.17) is 0 Å². The molecular weight excluding hydrogens is 251 g/mol. The highest BCUT2D eigenvalue weighted by Crippen LogP contribution is 2.40. The van der Waals surface area contributed by atoms with Crippen LogP contribution in [0.3, 0.4) is 0 Å². The lowest BCUT2D eigenvalue weighted by Gasteiger charge is -2.33. The van der Waals surface area contributed by atoms with Crippen LogP contribution in [0.2, 0.25) is 0 Å². The van der Waals surface area contributed by atoms with E-state index in [9.17, 15) is 23.1 Å². The summed E-state index contributed by atoms with van der Waals surface area (Å²) in [6, 6.07) is -2.23. The number of hydrogen-bond donors (Lipinski definition) is 1. The largest absolute Gasteiger partial charge is 0.545 e. The van der Waals surface area contributed by atoms with Gasteiger partial charge in [-0.3, -0.25) is 0 Å². The van der Waals surface area contributed by atoms with Crippen LogP contribution < -0.4 is 10.4 Å². The topological polar surface area (TPSA) is 70.0 Å². The third kappa shape index (κ3) is 2.02. The third-order valence-corrected chi connectivity index (χ3v) is 3.03. The molecule has 2 atom stereocenters. The number of nitrogens with zero attached hydrogens (tertiary/aromatic N) is 2. The molecule has 1 aliphatic rings. The third-order valence-electron chi connectivity index (χ3n) is 3.03. The van der Waals surface area contributed by atoms with Gasteiger partial charge in [0.05, 0.1) is 17.7 Å². The first kappa shape index (κ1) is 12.7. The number of anilines is 1. The summed E-state index contributed by atoms with van der Waals surface area (Å²) in [7, 11) is 0. The Morgan fingerprint density at radius 2 is 2.33 bits per heavy atom. The van der Waals surface area contributed by atoms with Crippen molar-refractivity contribution in [2.45, 2.75) is 38.0 Å². The number of aromatic carboxylic acids is 1. The van der Waals surface area contributed by atoms with Crippen LogP contribution in [0.5, 0.6) is 0 Å². The molecule has 1 aliphatic heterocycles. The van der Waals surface area contributed by atoms with Crippen LogP contribution in [-0.4, -0.2) is 28.0 Å². The Labute approximate surface area is 101 Å². The minimum Gasteiger partial charge on any atom is -0.545 e. The van der Waals surface area contributed by atoms with Crippen molar-refractivity contribution in [2.75, 3.05) is 5.32 Å². The zero-order chi connectivity index (χ0) is 13.5. The van der Waals surface area contributed by atoms with Gasteiger partial charge in [-0.05, 0) is 12.8 Å². The molecule has 2 rings (SSSR count). The molecule has 0 aliphatic carbocycles. The Hall–Kier alpha value is -1.73. The number of alkyl halides is 3. The SMILES string of the molecule is CC[C@@H]1C[C@H](C(F)(F)F)n2ncc(C(=O)[O-])c2N1. The van der Waals surface area contributed by atoms with E-state index in [0.29, 0.717) is 11.1 Å². The molecule has 0 bridgehead atoms. The number of carbonyl (C=O) groups excluding carboxylic acids is 1. The van der Waals surface area contributed by atoms with Crippen molar-refractivity contribution >= 4 is 11.8 Å². The first-order chi connectivity index (χ1) is 8.34. The van der Waals surface area contributed by atoms with Crippen molar-refractivity contribution in [3.63, 3.8) is 0 Å². The summed E-state index contributed by atoms with van der Waals surface area (Å²) in [5.41, 5.74) is -0.345. The summed E-state index contributed by atoms with van der Waals surface area (Å²) < 4.78 is 39.3. The van der Waals surface area contributed by atoms with E-state index in [1.165, 1.54) is 0 Å². The van der Waals surface area contributed by atoms with Gasteiger partial charge in [0.2, 0.25) is 0 Å². The van der Waals surface area contributed by atoms with E-state index < -0.39 is 24.2 Å². The summed E-state index contributed by atoms with van der Waals surface area (Å²) in [5, 5.41) is 17.1. The lowest BCUT2D eigenvalue weighted by molar-refractivity contribution is -0.255. The zero-order valence-electron chi connectivity index (χ0n) is 9.49. The van der Waals surface area contributed by atoms with Crippen LogP contribution in [0, 0.1) is 0 Å². The Kier molecular flexibility index (Phi) is 2.95. The normalized spacial score (nSPS) is 23.3. The van der Waals surface area contributed by atoms with Gasteiger partial charge < -0.3 is 15.2 Å². The van der Waals surface area contributed by atoms with Gasteiger partial charge >= 0.3 is 6.18 Å². The number of halogens is 3. The summed E-state index contributed by atoms with van der Waals surface area (Å²) in [4.78, 5) is 10.8. The summed E-state index contributed by atoms with van der Waals surface area (Å²) in [5.74, 6) is -1.67. The standard InChI is InChI=1S/C10H12F3N3O2/c1-2-5-3-7(10(11,12)13)16-8(15-5)6(4-14-16)9(17)18/h4-5,7,15H,2-3H2,1H3,(H,17,18)/p-1/t5-,7-/m1/s1. The average Bonchev–Trinajstić information content (AvgIpc) is 2.69. The quantitative estimate of drug-likeness (QED) is 0.861. The first-order valence-corrected chi connectivity index (χ1v) is 5.46. The second kappa shape index (κ2) is 4.18. The lowest BCUT2D eigenvalue weighted by atomic mass is 10.0. The van der Waals surface area contributed by atoms with E-state index in [1.54, 1.807) is 6.92 Å². The molecule has 1 aromatic rings. The van der Waals surface area contributed by atoms with E-state index in [2.05, 4.69) is 10.4 Å². The predicted octanol–water partition coefficient (Wildman–Crippen LogP) is 0.944. The predicted molar refractivity (Wildman–Crippen MR) is 54.0 cm³/mol. The molecule has 1 aromatic heterocycles. The highest BCUT2D eigenvalue weighted by atomic mass is 19.4. The number of carboxylic acid groups (broad SMARTS) is 1. The fourth-order valence-corrected chi connectivity index (χ4v) is 2.05. The maximum atomic E-state index is 12.9. The Morgan fingerprint density at radius 3 is 2.83 bits per heavy atom. The van der Waals surface area contributed by atoms with E-state index in [0.717, 1.165) is 6.20 Å². The lowest BCUT2D eigenvalue weighted by Crippen LogP contribution is -2.39. The molecule has 0 saturated heterocycles. The van der Waals surface area contributed by atoms with Gasteiger partial charge in [0.1, 0.15) is 5.82 Å². The first-order valence-electron chi connectivity index (χ1n) is 5.46. The van der Waals surface area contributed by atoms with Crippen LogP contribution >= 0.6 is 0 Å². The zero-order valence-corrected chi connectivity index (χ0v) is 9.49. The van der Waals surface area contributed by atoms with Crippen LogP contribution in [0.4, 0.5) is 19.0 Å². The van der Waals surface area contributed by atoms with E-state index in [-0.39, 0.29) is 17.8 Å². The number of carbonyl (C=O) groups is 1. The van der Waals surface area contributed by atoms with Gasteiger partial charge in [0.25, 0.3) is 0 Å². The highest BCUT2D eigenvalue weighted by molar-refractivity contribution is 5.91. The molecule has 0 spiro atoms. The van der Waals surface area contributed by atoms with Gasteiger partial charge in [-0.25, -0.2) is 4.68 Å². The van der Waals surface area contributed by atoms with Gasteiger partial charge in [0, 0.05) is 6.04 Å². The molecule has 0 aromatic carbocycles. The van der Waals surface area contributed by atoms with Crippen LogP contribution in [0.15, 0.2) is 6.20 Å². The number of nitrogens with one attached hydrogen (secondary N) is 1. The van der Waals surface area contributed by atoms with Crippen molar-refractivity contribution in [1.29, 1.82) is 0 Å². The number of fused-ring (bicyclic) bond motifs is 1. The van der Waals surface area contributed by atoms with Crippen LogP contribution in [-0.2, 0) is 0 Å². The molecule has 0 saturated carbocycles. The summed E-state index contributed by atoms with van der Waals surface area (Å²) in [6.07, 6.45) is -3.28. The molecule has 5 nitrogen and oxygen atoms in total. The van der Waals surface area contributed by atoms with Crippen LogP contribution in [0.25, 0.3) is 0 Å². The van der Waals surface area contributed by atoms with Crippen molar-refractivity contribution in [2.24, 2.45) is 0 Å². The molecule has 0 amide bonds. The maximum absolute atomic E-state index is 12.9. The molecule has 100 valence electrons. The molecule has 18 heavy (non-hydrogen) atoms. The number of aromatic nitrogens is 2. The minimum absolute atomic E-state index is 0.129. The second-order valence-corrected chi connectivity index (χ2v) is 4.18. The molecule has 0 unspecified atom stereocenters. The second-order valence-electron chi connectivity index (χ2n) is 4.18. The van der Waals surface area contributed by atoms with Crippen molar-refractivity contribution < 1.29 is 23.1 Å². The van der Waals surface area contributed by atoms with E-state index in [1.807, 2.05) is 0 Å². The van der Waals surface area contributed by atoms with E-state index >= 15 is 0 Å². The Morgan fingerprint density at radius 1 is 1.67 bits per heavy atom. The Bertz CT molecular complexity index is 469. The van der Waals surface area contributed by atoms with Gasteiger partial charge in [-0.1, -0.05) is 6.92 Å². The smallest absolute Gasteiger partial charge is 0.410 e. The highest BCUT2D eigenvalue weighted by Gasteiger charge is 2.46. The molecule has 1 N–H and O–H groups in total. The fourth-order valence-electron chi connectivity index (χ4n) is 2.05. The van der Waals surface area contributed by atoms with Crippen LogP contribution in [0.1, 0.15) is 36.2 Å². The number of hydrogen-bond acceptors (Lipinski definition) is 4. The van der Waals surface area contributed by atoms with Gasteiger partial charge in [-0.2, -0.15) is 18.3 Å². The van der Waals surface area contributed by atoms with Crippen molar-refractivity contribution in [3.05, 3.63) is 11.8 Å². The molecule has 0 radical (unpaired) electrons. The molecule has 0 fully saturated rings. The number of carboxylic acids is 1. The fraction of sp³-hybridized carbons (Fsp3) is 0.600. The van der Waals surface area contributed by atoms with Gasteiger partial charge in [0.15, 0.2) is 6.04 Å². The molecular formula is C10H11F3N3O2-. The number of rotatable bonds is 2. The minimum atomic E-state index is -4.46. The monoisotopic (exact) mass is 262 g/mol. The van der Waals surface area contributed by atoms with Crippen molar-refractivity contribution in [3.8, 4) is 0 Å². The summed E-state index contributed by atoms with van der Waals surface area (Å²) in [6.45, 7) is 1.73. The summed E-state index contributed by atoms with van der Waals surface area (Å²) >= 11 is 0.